The molecule has 0 fully saturated rings. The van der Waals surface area contributed by atoms with E-state index in [4.69, 9.17) is 16.3 Å². The summed E-state index contributed by atoms with van der Waals surface area (Å²) < 4.78 is 32.3. The predicted octanol–water partition coefficient (Wildman–Crippen LogP) is 5.80. The summed E-state index contributed by atoms with van der Waals surface area (Å²) in [6.45, 7) is 6.64. The van der Waals surface area contributed by atoms with Crippen LogP contribution in [-0.4, -0.2) is 16.6 Å². The van der Waals surface area contributed by atoms with E-state index in [0.717, 1.165) is 6.42 Å². The Bertz CT molecular complexity index is 680. The second kappa shape index (κ2) is 8.38. The molecule has 0 bridgehead atoms. The second-order valence-corrected chi connectivity index (χ2v) is 6.72. The van der Waals surface area contributed by atoms with Crippen LogP contribution in [-0.2, 0) is 0 Å². The maximum Gasteiger partial charge on any atom is 0.269 e. The highest BCUT2D eigenvalue weighted by Crippen LogP contribution is 2.32. The minimum Gasteiger partial charge on any atom is -0.477 e. The second-order valence-electron chi connectivity index (χ2n) is 6.33. The van der Waals surface area contributed by atoms with Gasteiger partial charge in [-0.1, -0.05) is 32.4 Å². The fourth-order valence-corrected chi connectivity index (χ4v) is 2.75. The number of hydrogen-bond donors (Lipinski definition) is 0. The van der Waals surface area contributed by atoms with Gasteiger partial charge in [0.05, 0.1) is 12.2 Å². The van der Waals surface area contributed by atoms with E-state index in [1.54, 1.807) is 12.1 Å². The molecule has 2 aromatic rings. The molecule has 0 saturated carbocycles. The number of hydrogen-bond acceptors (Lipinski definition) is 3. The SMILES string of the molecule is CC(C)CC(C)COc1ncc(-c2ccnc(Cl)c2)cc1C(F)F. The molecule has 0 N–H and O–H groups in total. The van der Waals surface area contributed by atoms with E-state index in [9.17, 15) is 8.78 Å². The molecule has 0 radical (unpaired) electrons. The van der Waals surface area contributed by atoms with Gasteiger partial charge in [0.15, 0.2) is 0 Å². The Hall–Kier alpha value is -1.75. The minimum absolute atomic E-state index is 0.00971. The number of aromatic nitrogens is 2. The summed E-state index contributed by atoms with van der Waals surface area (Å²) in [7, 11) is 0. The number of halogens is 3. The average Bonchev–Trinajstić information content (AvgIpc) is 2.52. The van der Waals surface area contributed by atoms with Crippen molar-refractivity contribution in [3.8, 4) is 17.0 Å². The maximum absolute atomic E-state index is 13.4. The van der Waals surface area contributed by atoms with Crippen molar-refractivity contribution in [2.75, 3.05) is 6.61 Å². The Kier molecular flexibility index (Phi) is 6.49. The number of rotatable bonds is 7. The summed E-state index contributed by atoms with van der Waals surface area (Å²) in [6, 6.07) is 4.70. The third-order valence-corrected chi connectivity index (χ3v) is 3.76. The van der Waals surface area contributed by atoms with E-state index in [1.165, 1.54) is 18.5 Å². The molecule has 130 valence electrons. The Morgan fingerprint density at radius 1 is 1.12 bits per heavy atom. The number of alkyl halides is 2. The van der Waals surface area contributed by atoms with Crippen molar-refractivity contribution in [3.63, 3.8) is 0 Å². The van der Waals surface area contributed by atoms with Gasteiger partial charge in [0, 0.05) is 18.0 Å². The van der Waals surface area contributed by atoms with Crippen LogP contribution in [0.3, 0.4) is 0 Å². The summed E-state index contributed by atoms with van der Waals surface area (Å²) in [5.41, 5.74) is 1.03. The van der Waals surface area contributed by atoms with E-state index in [0.29, 0.717) is 28.8 Å². The molecular weight excluding hydrogens is 334 g/mol. The first-order valence-electron chi connectivity index (χ1n) is 7.89. The highest BCUT2D eigenvalue weighted by molar-refractivity contribution is 6.29. The maximum atomic E-state index is 13.4. The van der Waals surface area contributed by atoms with Gasteiger partial charge in [-0.3, -0.25) is 0 Å². The van der Waals surface area contributed by atoms with E-state index in [-0.39, 0.29) is 17.4 Å². The molecule has 6 heteroatoms. The highest BCUT2D eigenvalue weighted by Gasteiger charge is 2.18. The van der Waals surface area contributed by atoms with E-state index in [1.807, 2.05) is 6.92 Å². The molecule has 0 aliphatic carbocycles. The predicted molar refractivity (Wildman–Crippen MR) is 91.5 cm³/mol. The summed E-state index contributed by atoms with van der Waals surface area (Å²) in [5.74, 6) is 0.797. The smallest absolute Gasteiger partial charge is 0.269 e. The lowest BCUT2D eigenvalue weighted by Gasteiger charge is -2.16. The van der Waals surface area contributed by atoms with E-state index < -0.39 is 6.43 Å². The quantitative estimate of drug-likeness (QED) is 0.590. The van der Waals surface area contributed by atoms with Crippen molar-refractivity contribution in [1.29, 1.82) is 0 Å². The van der Waals surface area contributed by atoms with Crippen LogP contribution in [0.4, 0.5) is 8.78 Å². The van der Waals surface area contributed by atoms with Crippen LogP contribution in [0.2, 0.25) is 5.15 Å². The van der Waals surface area contributed by atoms with Crippen molar-refractivity contribution in [1.82, 2.24) is 9.97 Å². The molecule has 0 amide bonds. The summed E-state index contributed by atoms with van der Waals surface area (Å²) in [5, 5.41) is 0.300. The lowest BCUT2D eigenvalue weighted by molar-refractivity contribution is 0.140. The third kappa shape index (κ3) is 5.13. The first-order chi connectivity index (χ1) is 11.4. The van der Waals surface area contributed by atoms with Gasteiger partial charge >= 0.3 is 0 Å². The van der Waals surface area contributed by atoms with Crippen LogP contribution in [0.15, 0.2) is 30.6 Å². The molecule has 1 unspecified atom stereocenters. The van der Waals surface area contributed by atoms with Gasteiger partial charge in [0.1, 0.15) is 5.15 Å². The molecule has 2 aromatic heterocycles. The van der Waals surface area contributed by atoms with Crippen molar-refractivity contribution in [2.24, 2.45) is 11.8 Å². The molecule has 0 spiro atoms. The third-order valence-electron chi connectivity index (χ3n) is 3.55. The lowest BCUT2D eigenvalue weighted by atomic mass is 10.00. The normalized spacial score (nSPS) is 12.7. The zero-order valence-electron chi connectivity index (χ0n) is 14.0. The standard InChI is InChI=1S/C18H21ClF2N2O/c1-11(2)6-12(3)10-24-18-15(17(20)21)7-14(9-23-18)13-4-5-22-16(19)8-13/h4-5,7-9,11-12,17H,6,10H2,1-3H3. The zero-order chi connectivity index (χ0) is 17.7. The molecule has 1 atom stereocenters. The van der Waals surface area contributed by atoms with Crippen LogP contribution in [0, 0.1) is 11.8 Å². The largest absolute Gasteiger partial charge is 0.477 e. The van der Waals surface area contributed by atoms with Crippen LogP contribution >= 0.6 is 11.6 Å². The molecule has 2 rings (SSSR count). The Morgan fingerprint density at radius 2 is 1.88 bits per heavy atom. The van der Waals surface area contributed by atoms with Crippen molar-refractivity contribution in [2.45, 2.75) is 33.6 Å². The van der Waals surface area contributed by atoms with E-state index in [2.05, 4.69) is 23.8 Å². The number of ether oxygens (including phenoxy) is 1. The first-order valence-corrected chi connectivity index (χ1v) is 8.27. The van der Waals surface area contributed by atoms with Crippen LogP contribution in [0.1, 0.15) is 39.2 Å². The van der Waals surface area contributed by atoms with Gasteiger partial charge in [-0.25, -0.2) is 18.7 Å². The molecule has 3 nitrogen and oxygen atoms in total. The molecule has 24 heavy (non-hydrogen) atoms. The Balaban J connectivity index is 2.21. The summed E-state index contributed by atoms with van der Waals surface area (Å²) in [4.78, 5) is 7.98. The molecule has 0 aliphatic heterocycles. The fourth-order valence-electron chi connectivity index (χ4n) is 2.58. The van der Waals surface area contributed by atoms with Gasteiger partial charge in [0.25, 0.3) is 6.43 Å². The van der Waals surface area contributed by atoms with Crippen LogP contribution < -0.4 is 4.74 Å². The van der Waals surface area contributed by atoms with Crippen molar-refractivity contribution < 1.29 is 13.5 Å². The zero-order valence-corrected chi connectivity index (χ0v) is 14.7. The van der Waals surface area contributed by atoms with Gasteiger partial charge in [0.2, 0.25) is 5.88 Å². The number of pyridine rings is 2. The van der Waals surface area contributed by atoms with Crippen LogP contribution in [0.25, 0.3) is 11.1 Å². The average molecular weight is 355 g/mol. The summed E-state index contributed by atoms with van der Waals surface area (Å²) in [6.07, 6.45) is 1.35. The van der Waals surface area contributed by atoms with E-state index >= 15 is 0 Å². The molecule has 0 saturated heterocycles. The van der Waals surface area contributed by atoms with Crippen molar-refractivity contribution >= 4 is 11.6 Å². The van der Waals surface area contributed by atoms with Gasteiger partial charge in [-0.15, -0.1) is 0 Å². The Labute approximate surface area is 146 Å². The number of nitrogens with zero attached hydrogens (tertiary/aromatic N) is 2. The molecule has 2 heterocycles. The topological polar surface area (TPSA) is 35.0 Å². The first kappa shape index (κ1) is 18.6. The van der Waals surface area contributed by atoms with Gasteiger partial charge in [-0.05, 0) is 42.0 Å². The summed E-state index contributed by atoms with van der Waals surface area (Å²) >= 11 is 5.85. The highest BCUT2D eigenvalue weighted by atomic mass is 35.5. The van der Waals surface area contributed by atoms with Gasteiger partial charge < -0.3 is 4.74 Å². The van der Waals surface area contributed by atoms with Crippen molar-refractivity contribution in [3.05, 3.63) is 41.3 Å². The minimum atomic E-state index is -2.66. The van der Waals surface area contributed by atoms with Gasteiger partial charge in [-0.2, -0.15) is 0 Å². The monoisotopic (exact) mass is 354 g/mol. The lowest BCUT2D eigenvalue weighted by Crippen LogP contribution is -2.12. The molecule has 0 aliphatic rings. The molecular formula is C18H21ClF2N2O. The Morgan fingerprint density at radius 3 is 2.50 bits per heavy atom. The fraction of sp³-hybridized carbons (Fsp3) is 0.444. The molecule has 0 aromatic carbocycles. The van der Waals surface area contributed by atoms with Crippen LogP contribution in [0.5, 0.6) is 5.88 Å².